The quantitative estimate of drug-likeness (QED) is 0.722. The molecular formula is C20H22N4O. The first-order valence-corrected chi connectivity index (χ1v) is 8.43. The van der Waals surface area contributed by atoms with Gasteiger partial charge in [-0.15, -0.1) is 0 Å². The van der Waals surface area contributed by atoms with E-state index in [9.17, 15) is 4.79 Å². The third kappa shape index (κ3) is 5.01. The Hall–Kier alpha value is -2.95. The second-order valence-electron chi connectivity index (χ2n) is 6.04. The molecule has 0 aliphatic carbocycles. The number of benzene rings is 1. The van der Waals surface area contributed by atoms with Gasteiger partial charge in [0.25, 0.3) is 0 Å². The summed E-state index contributed by atoms with van der Waals surface area (Å²) in [5, 5.41) is 2.96. The van der Waals surface area contributed by atoms with E-state index in [4.69, 9.17) is 0 Å². The van der Waals surface area contributed by atoms with Gasteiger partial charge in [-0.2, -0.15) is 0 Å². The average Bonchev–Trinajstić information content (AvgIpc) is 3.05. The second kappa shape index (κ2) is 8.24. The van der Waals surface area contributed by atoms with E-state index in [0.717, 1.165) is 23.6 Å². The average molecular weight is 334 g/mol. The molecule has 0 bridgehead atoms. The zero-order valence-electron chi connectivity index (χ0n) is 14.4. The van der Waals surface area contributed by atoms with E-state index in [0.29, 0.717) is 19.4 Å². The van der Waals surface area contributed by atoms with Crippen LogP contribution in [-0.4, -0.2) is 27.0 Å². The topological polar surface area (TPSA) is 59.8 Å². The van der Waals surface area contributed by atoms with Gasteiger partial charge in [-0.25, -0.2) is 4.98 Å². The largest absolute Gasteiger partial charge is 0.355 e. The maximum atomic E-state index is 12.0. The SMILES string of the molecule is Cc1ccc(CC(=O)NCCc2nccn2Cc2ccccc2)cn1. The molecule has 1 N–H and O–H groups in total. The number of hydrogen-bond donors (Lipinski definition) is 1. The number of aromatic nitrogens is 3. The summed E-state index contributed by atoms with van der Waals surface area (Å²) >= 11 is 0. The van der Waals surface area contributed by atoms with Crippen molar-refractivity contribution in [3.63, 3.8) is 0 Å². The van der Waals surface area contributed by atoms with Crippen LogP contribution >= 0.6 is 0 Å². The lowest BCUT2D eigenvalue weighted by molar-refractivity contribution is -0.120. The van der Waals surface area contributed by atoms with Crippen molar-refractivity contribution < 1.29 is 4.79 Å². The first kappa shape index (κ1) is 16.9. The van der Waals surface area contributed by atoms with Crippen LogP contribution in [0.4, 0.5) is 0 Å². The fourth-order valence-electron chi connectivity index (χ4n) is 2.66. The Morgan fingerprint density at radius 3 is 2.68 bits per heavy atom. The summed E-state index contributed by atoms with van der Waals surface area (Å²) in [4.78, 5) is 20.7. The Morgan fingerprint density at radius 2 is 1.92 bits per heavy atom. The van der Waals surface area contributed by atoms with Crippen LogP contribution in [0.25, 0.3) is 0 Å². The molecular weight excluding hydrogens is 312 g/mol. The van der Waals surface area contributed by atoms with Gasteiger partial charge >= 0.3 is 0 Å². The molecule has 0 aliphatic rings. The van der Waals surface area contributed by atoms with E-state index in [1.165, 1.54) is 5.56 Å². The molecule has 3 rings (SSSR count). The first-order chi connectivity index (χ1) is 12.2. The Morgan fingerprint density at radius 1 is 1.08 bits per heavy atom. The van der Waals surface area contributed by atoms with Crippen LogP contribution in [-0.2, 0) is 24.2 Å². The summed E-state index contributed by atoms with van der Waals surface area (Å²) in [6.45, 7) is 3.30. The number of pyridine rings is 1. The number of aryl methyl sites for hydroxylation is 1. The molecule has 0 atom stereocenters. The van der Waals surface area contributed by atoms with Crippen LogP contribution < -0.4 is 5.32 Å². The van der Waals surface area contributed by atoms with Crippen molar-refractivity contribution in [2.45, 2.75) is 26.3 Å². The number of carbonyl (C=O) groups is 1. The van der Waals surface area contributed by atoms with Crippen molar-refractivity contribution in [1.29, 1.82) is 0 Å². The molecule has 0 fully saturated rings. The van der Waals surface area contributed by atoms with Gasteiger partial charge < -0.3 is 9.88 Å². The molecule has 0 aliphatic heterocycles. The normalized spacial score (nSPS) is 10.6. The molecule has 0 spiro atoms. The molecule has 1 aromatic carbocycles. The minimum atomic E-state index is 0.00631. The zero-order valence-corrected chi connectivity index (χ0v) is 14.4. The summed E-state index contributed by atoms with van der Waals surface area (Å²) in [6, 6.07) is 14.1. The fourth-order valence-corrected chi connectivity index (χ4v) is 2.66. The maximum Gasteiger partial charge on any atom is 0.224 e. The standard InChI is InChI=1S/C20H22N4O/c1-16-7-8-18(14-23-16)13-20(25)22-10-9-19-21-11-12-24(19)15-17-5-3-2-4-6-17/h2-8,11-12,14H,9-10,13,15H2,1H3,(H,22,25). The van der Waals surface area contributed by atoms with Gasteiger partial charge in [0.15, 0.2) is 0 Å². The molecule has 128 valence electrons. The molecule has 3 aromatic rings. The Kier molecular flexibility index (Phi) is 5.57. The maximum absolute atomic E-state index is 12.0. The van der Waals surface area contributed by atoms with E-state index >= 15 is 0 Å². The van der Waals surface area contributed by atoms with Crippen LogP contribution in [0.5, 0.6) is 0 Å². The zero-order chi connectivity index (χ0) is 17.5. The van der Waals surface area contributed by atoms with Gasteiger partial charge in [0.2, 0.25) is 5.91 Å². The predicted molar refractivity (Wildman–Crippen MR) is 97.2 cm³/mol. The van der Waals surface area contributed by atoms with Gasteiger partial charge in [0, 0.05) is 43.8 Å². The Bertz CT molecular complexity index is 809. The third-order valence-corrected chi connectivity index (χ3v) is 4.01. The number of nitrogens with zero attached hydrogens (tertiary/aromatic N) is 3. The number of rotatable bonds is 7. The van der Waals surface area contributed by atoms with Crippen molar-refractivity contribution in [2.24, 2.45) is 0 Å². The molecule has 5 heteroatoms. The number of hydrogen-bond acceptors (Lipinski definition) is 3. The number of carbonyl (C=O) groups excluding carboxylic acids is 1. The van der Waals surface area contributed by atoms with E-state index in [1.54, 1.807) is 12.4 Å². The molecule has 0 saturated carbocycles. The molecule has 0 unspecified atom stereocenters. The Balaban J connectivity index is 1.48. The Labute approximate surface area is 147 Å². The smallest absolute Gasteiger partial charge is 0.224 e. The van der Waals surface area contributed by atoms with Crippen LogP contribution in [0, 0.1) is 6.92 Å². The van der Waals surface area contributed by atoms with Crippen molar-refractivity contribution in [3.8, 4) is 0 Å². The van der Waals surface area contributed by atoms with Gasteiger partial charge in [-0.05, 0) is 24.1 Å². The van der Waals surface area contributed by atoms with Gasteiger partial charge in [-0.1, -0.05) is 36.4 Å². The molecule has 0 saturated heterocycles. The monoisotopic (exact) mass is 334 g/mol. The molecule has 25 heavy (non-hydrogen) atoms. The fraction of sp³-hybridized carbons (Fsp3) is 0.250. The highest BCUT2D eigenvalue weighted by Gasteiger charge is 2.06. The lowest BCUT2D eigenvalue weighted by Crippen LogP contribution is -2.28. The molecule has 2 aromatic heterocycles. The summed E-state index contributed by atoms with van der Waals surface area (Å²) in [7, 11) is 0. The summed E-state index contributed by atoms with van der Waals surface area (Å²) < 4.78 is 2.12. The van der Waals surface area contributed by atoms with Crippen molar-refractivity contribution in [1.82, 2.24) is 19.9 Å². The number of amides is 1. The number of nitrogens with one attached hydrogen (secondary N) is 1. The van der Waals surface area contributed by atoms with Crippen molar-refractivity contribution in [3.05, 3.63) is 83.7 Å². The van der Waals surface area contributed by atoms with Gasteiger partial charge in [-0.3, -0.25) is 9.78 Å². The molecule has 1 amide bonds. The van der Waals surface area contributed by atoms with Crippen LogP contribution in [0.3, 0.4) is 0 Å². The first-order valence-electron chi connectivity index (χ1n) is 8.43. The highest BCUT2D eigenvalue weighted by Crippen LogP contribution is 2.06. The van der Waals surface area contributed by atoms with Crippen molar-refractivity contribution in [2.75, 3.05) is 6.54 Å². The third-order valence-electron chi connectivity index (χ3n) is 4.01. The second-order valence-corrected chi connectivity index (χ2v) is 6.04. The number of imidazole rings is 1. The van der Waals surface area contributed by atoms with E-state index < -0.39 is 0 Å². The van der Waals surface area contributed by atoms with E-state index in [-0.39, 0.29) is 5.91 Å². The predicted octanol–water partition coefficient (Wildman–Crippen LogP) is 2.54. The highest BCUT2D eigenvalue weighted by atomic mass is 16.1. The van der Waals surface area contributed by atoms with E-state index in [1.807, 2.05) is 43.5 Å². The summed E-state index contributed by atoms with van der Waals surface area (Å²) in [6.07, 6.45) is 6.59. The molecule has 0 radical (unpaired) electrons. The van der Waals surface area contributed by atoms with Crippen LogP contribution in [0.2, 0.25) is 0 Å². The van der Waals surface area contributed by atoms with Crippen molar-refractivity contribution >= 4 is 5.91 Å². The van der Waals surface area contributed by atoms with Crippen LogP contribution in [0.15, 0.2) is 61.1 Å². The van der Waals surface area contributed by atoms with Gasteiger partial charge in [0.1, 0.15) is 5.82 Å². The highest BCUT2D eigenvalue weighted by molar-refractivity contribution is 5.78. The van der Waals surface area contributed by atoms with E-state index in [2.05, 4.69) is 32.0 Å². The summed E-state index contributed by atoms with van der Waals surface area (Å²) in [5.41, 5.74) is 3.11. The minimum absolute atomic E-state index is 0.00631. The summed E-state index contributed by atoms with van der Waals surface area (Å²) in [5.74, 6) is 0.980. The van der Waals surface area contributed by atoms with Crippen LogP contribution in [0.1, 0.15) is 22.6 Å². The lowest BCUT2D eigenvalue weighted by Gasteiger charge is -2.09. The van der Waals surface area contributed by atoms with Gasteiger partial charge in [0.05, 0.1) is 6.42 Å². The molecule has 5 nitrogen and oxygen atoms in total. The lowest BCUT2D eigenvalue weighted by atomic mass is 10.2. The minimum Gasteiger partial charge on any atom is -0.355 e. The molecule has 2 heterocycles.